The second-order valence-corrected chi connectivity index (χ2v) is 5.51. The first-order valence-corrected chi connectivity index (χ1v) is 7.14. The third-order valence-electron chi connectivity index (χ3n) is 3.14. The zero-order valence-corrected chi connectivity index (χ0v) is 12.6. The monoisotopic (exact) mass is 341 g/mol. The average Bonchev–Trinajstić information content (AvgIpc) is 2.48. The summed E-state index contributed by atoms with van der Waals surface area (Å²) in [7, 11) is 0. The largest absolute Gasteiger partial charge is 0.383 e. The fraction of sp³-hybridized carbons (Fsp3) is 0. The predicted molar refractivity (Wildman–Crippen MR) is 88.3 cm³/mol. The van der Waals surface area contributed by atoms with Crippen LogP contribution in [-0.2, 0) is 0 Å². The average molecular weight is 342 g/mol. The van der Waals surface area contributed by atoms with E-state index in [1.165, 1.54) is 0 Å². The van der Waals surface area contributed by atoms with Gasteiger partial charge in [-0.3, -0.25) is 4.79 Å². The van der Waals surface area contributed by atoms with Crippen LogP contribution in [0.25, 0.3) is 10.8 Å². The maximum Gasteiger partial charge on any atom is 0.259 e. The third kappa shape index (κ3) is 2.87. The fourth-order valence-electron chi connectivity index (χ4n) is 2.10. The summed E-state index contributed by atoms with van der Waals surface area (Å²) in [6.45, 7) is 0. The standard InChI is InChI=1S/C16H12BrN3O/c17-12-5-3-11-9-13(6-4-10(11)8-12)20-16(21)14-2-1-7-19-15(14)18/h1-9H,(H2,18,19)(H,20,21). The van der Waals surface area contributed by atoms with Crippen LogP contribution in [0, 0.1) is 0 Å². The van der Waals surface area contributed by atoms with E-state index >= 15 is 0 Å². The molecule has 21 heavy (non-hydrogen) atoms. The van der Waals surface area contributed by atoms with Crippen LogP contribution in [-0.4, -0.2) is 10.9 Å². The van der Waals surface area contributed by atoms with Crippen LogP contribution in [0.3, 0.4) is 0 Å². The second kappa shape index (κ2) is 5.54. The number of carbonyl (C=O) groups excluding carboxylic acids is 1. The molecule has 3 aromatic rings. The van der Waals surface area contributed by atoms with E-state index in [9.17, 15) is 4.79 Å². The van der Waals surface area contributed by atoms with Crippen molar-refractivity contribution in [1.29, 1.82) is 0 Å². The van der Waals surface area contributed by atoms with Gasteiger partial charge in [0.05, 0.1) is 5.56 Å². The zero-order chi connectivity index (χ0) is 14.8. The van der Waals surface area contributed by atoms with Gasteiger partial charge in [0.25, 0.3) is 5.91 Å². The summed E-state index contributed by atoms with van der Waals surface area (Å²) in [6.07, 6.45) is 1.56. The smallest absolute Gasteiger partial charge is 0.259 e. The summed E-state index contributed by atoms with van der Waals surface area (Å²) in [5.41, 5.74) is 6.79. The van der Waals surface area contributed by atoms with Crippen LogP contribution in [0.4, 0.5) is 11.5 Å². The number of anilines is 2. The molecule has 0 fully saturated rings. The molecule has 0 radical (unpaired) electrons. The topological polar surface area (TPSA) is 68.0 Å². The molecule has 2 aromatic carbocycles. The lowest BCUT2D eigenvalue weighted by Crippen LogP contribution is -2.14. The van der Waals surface area contributed by atoms with Gasteiger partial charge in [-0.1, -0.05) is 28.1 Å². The van der Waals surface area contributed by atoms with Crippen LogP contribution in [0.2, 0.25) is 0 Å². The number of aromatic nitrogens is 1. The Morgan fingerprint density at radius 3 is 2.67 bits per heavy atom. The van der Waals surface area contributed by atoms with Crippen molar-refractivity contribution in [2.75, 3.05) is 11.1 Å². The maximum absolute atomic E-state index is 12.2. The summed E-state index contributed by atoms with van der Waals surface area (Å²) in [5.74, 6) is -0.0446. The van der Waals surface area contributed by atoms with Gasteiger partial charge >= 0.3 is 0 Å². The summed E-state index contributed by atoms with van der Waals surface area (Å²) in [5, 5.41) is 4.99. The van der Waals surface area contributed by atoms with Crippen molar-refractivity contribution in [3.8, 4) is 0 Å². The number of amides is 1. The van der Waals surface area contributed by atoms with Crippen molar-refractivity contribution in [1.82, 2.24) is 4.98 Å². The van der Waals surface area contributed by atoms with Crippen molar-refractivity contribution in [3.05, 3.63) is 64.8 Å². The van der Waals surface area contributed by atoms with Crippen LogP contribution >= 0.6 is 15.9 Å². The number of hydrogen-bond acceptors (Lipinski definition) is 3. The Hall–Kier alpha value is -2.40. The van der Waals surface area contributed by atoms with E-state index in [1.54, 1.807) is 18.3 Å². The first-order valence-electron chi connectivity index (χ1n) is 6.34. The molecule has 0 aliphatic rings. The number of rotatable bonds is 2. The number of halogens is 1. The summed E-state index contributed by atoms with van der Waals surface area (Å²) in [4.78, 5) is 16.1. The predicted octanol–water partition coefficient (Wildman–Crippen LogP) is 3.83. The van der Waals surface area contributed by atoms with Crippen LogP contribution < -0.4 is 11.1 Å². The number of nitrogens with one attached hydrogen (secondary N) is 1. The maximum atomic E-state index is 12.2. The molecular formula is C16H12BrN3O. The Morgan fingerprint density at radius 1 is 1.10 bits per heavy atom. The van der Waals surface area contributed by atoms with Gasteiger partial charge in [0.1, 0.15) is 5.82 Å². The molecule has 0 atom stereocenters. The van der Waals surface area contributed by atoms with Gasteiger partial charge in [-0.05, 0) is 47.2 Å². The van der Waals surface area contributed by atoms with Gasteiger partial charge in [0.15, 0.2) is 0 Å². The van der Waals surface area contributed by atoms with E-state index in [2.05, 4.69) is 26.2 Å². The summed E-state index contributed by atoms with van der Waals surface area (Å²) in [6, 6.07) is 15.1. The second-order valence-electron chi connectivity index (χ2n) is 4.60. The van der Waals surface area contributed by atoms with E-state index in [4.69, 9.17) is 5.73 Å². The van der Waals surface area contributed by atoms with Gasteiger partial charge in [0.2, 0.25) is 0 Å². The number of nitrogens with zero attached hydrogens (tertiary/aromatic N) is 1. The Morgan fingerprint density at radius 2 is 1.86 bits per heavy atom. The lowest BCUT2D eigenvalue weighted by Gasteiger charge is -2.08. The molecular weight excluding hydrogens is 330 g/mol. The quantitative estimate of drug-likeness (QED) is 0.744. The van der Waals surface area contributed by atoms with E-state index in [0.29, 0.717) is 5.56 Å². The van der Waals surface area contributed by atoms with E-state index in [-0.39, 0.29) is 11.7 Å². The number of pyridine rings is 1. The molecule has 0 bridgehead atoms. The molecule has 0 aliphatic heterocycles. The van der Waals surface area contributed by atoms with Gasteiger partial charge in [-0.2, -0.15) is 0 Å². The molecule has 0 saturated heterocycles. The lowest BCUT2D eigenvalue weighted by molar-refractivity contribution is 0.102. The number of carbonyl (C=O) groups is 1. The molecule has 4 nitrogen and oxygen atoms in total. The Kier molecular flexibility index (Phi) is 3.58. The van der Waals surface area contributed by atoms with Crippen LogP contribution in [0.1, 0.15) is 10.4 Å². The number of hydrogen-bond donors (Lipinski definition) is 2. The first-order chi connectivity index (χ1) is 10.1. The number of nitrogen functional groups attached to an aromatic ring is 1. The molecule has 5 heteroatoms. The van der Waals surface area contributed by atoms with Crippen molar-refractivity contribution >= 4 is 44.1 Å². The molecule has 0 unspecified atom stereocenters. The van der Waals surface area contributed by atoms with Crippen molar-refractivity contribution in [2.45, 2.75) is 0 Å². The minimum Gasteiger partial charge on any atom is -0.383 e. The molecule has 104 valence electrons. The van der Waals surface area contributed by atoms with Crippen molar-refractivity contribution in [2.24, 2.45) is 0 Å². The molecule has 1 aromatic heterocycles. The molecule has 0 spiro atoms. The Balaban J connectivity index is 1.90. The SMILES string of the molecule is Nc1ncccc1C(=O)Nc1ccc2cc(Br)ccc2c1. The lowest BCUT2D eigenvalue weighted by atomic mass is 10.1. The molecule has 3 rings (SSSR count). The van der Waals surface area contributed by atoms with Crippen molar-refractivity contribution in [3.63, 3.8) is 0 Å². The molecule has 1 heterocycles. The fourth-order valence-corrected chi connectivity index (χ4v) is 2.48. The number of fused-ring (bicyclic) bond motifs is 1. The van der Waals surface area contributed by atoms with Crippen LogP contribution in [0.5, 0.6) is 0 Å². The number of benzene rings is 2. The third-order valence-corrected chi connectivity index (χ3v) is 3.64. The van der Waals surface area contributed by atoms with E-state index < -0.39 is 0 Å². The highest BCUT2D eigenvalue weighted by molar-refractivity contribution is 9.10. The molecule has 1 amide bonds. The molecule has 0 aliphatic carbocycles. The summed E-state index contributed by atoms with van der Waals surface area (Å²) < 4.78 is 1.02. The molecule has 0 saturated carbocycles. The van der Waals surface area contributed by atoms with Crippen molar-refractivity contribution < 1.29 is 4.79 Å². The summed E-state index contributed by atoms with van der Waals surface area (Å²) >= 11 is 3.44. The van der Waals surface area contributed by atoms with E-state index in [0.717, 1.165) is 20.9 Å². The minimum atomic E-state index is -0.267. The minimum absolute atomic E-state index is 0.222. The van der Waals surface area contributed by atoms with Gasteiger partial charge in [0, 0.05) is 16.4 Å². The van der Waals surface area contributed by atoms with E-state index in [1.807, 2.05) is 36.4 Å². The van der Waals surface area contributed by atoms with Gasteiger partial charge in [-0.15, -0.1) is 0 Å². The van der Waals surface area contributed by atoms with Crippen LogP contribution in [0.15, 0.2) is 59.2 Å². The Bertz CT molecular complexity index is 833. The Labute approximate surface area is 130 Å². The zero-order valence-electron chi connectivity index (χ0n) is 11.0. The normalized spacial score (nSPS) is 10.5. The molecule has 3 N–H and O–H groups in total. The van der Waals surface area contributed by atoms with Gasteiger partial charge < -0.3 is 11.1 Å². The highest BCUT2D eigenvalue weighted by atomic mass is 79.9. The first kappa shape index (κ1) is 13.6. The highest BCUT2D eigenvalue weighted by Crippen LogP contribution is 2.23. The number of nitrogens with two attached hydrogens (primary N) is 1. The van der Waals surface area contributed by atoms with Gasteiger partial charge in [-0.25, -0.2) is 4.98 Å². The highest BCUT2D eigenvalue weighted by Gasteiger charge is 2.10.